The molecule has 1 heterocycles. The average Bonchev–Trinajstić information content (AvgIpc) is 2.30. The van der Waals surface area contributed by atoms with Crippen molar-refractivity contribution < 1.29 is 9.13 Å². The van der Waals surface area contributed by atoms with Crippen LogP contribution in [0.15, 0.2) is 18.3 Å². The third-order valence-corrected chi connectivity index (χ3v) is 2.85. The number of pyridine rings is 1. The van der Waals surface area contributed by atoms with E-state index in [9.17, 15) is 4.39 Å². The van der Waals surface area contributed by atoms with Gasteiger partial charge in [-0.1, -0.05) is 6.07 Å². The number of alkyl halides is 1. The number of hydrogen-bond donors (Lipinski definition) is 1. The zero-order chi connectivity index (χ0) is 11.4. The second kappa shape index (κ2) is 5.25. The molecule has 88 valence electrons. The van der Waals surface area contributed by atoms with Crippen molar-refractivity contribution in [1.29, 1.82) is 0 Å². The molecule has 0 aromatic carbocycles. The van der Waals surface area contributed by atoms with Gasteiger partial charge in [0.2, 0.25) is 5.88 Å². The van der Waals surface area contributed by atoms with Crippen molar-refractivity contribution in [2.24, 2.45) is 0 Å². The van der Waals surface area contributed by atoms with Gasteiger partial charge >= 0.3 is 0 Å². The first-order chi connectivity index (χ1) is 7.79. The molecule has 1 aromatic heterocycles. The van der Waals surface area contributed by atoms with Crippen molar-refractivity contribution in [2.75, 3.05) is 6.61 Å². The fraction of sp³-hybridized carbons (Fsp3) is 0.583. The van der Waals surface area contributed by atoms with Gasteiger partial charge in [0, 0.05) is 24.8 Å². The van der Waals surface area contributed by atoms with Crippen LogP contribution in [0.3, 0.4) is 0 Å². The summed E-state index contributed by atoms with van der Waals surface area (Å²) in [5.41, 5.74) is 1.06. The minimum Gasteiger partial charge on any atom is -0.478 e. The molecule has 16 heavy (non-hydrogen) atoms. The van der Waals surface area contributed by atoms with Crippen molar-refractivity contribution in [3.63, 3.8) is 0 Å². The van der Waals surface area contributed by atoms with Gasteiger partial charge in [-0.25, -0.2) is 9.37 Å². The van der Waals surface area contributed by atoms with Crippen LogP contribution in [-0.4, -0.2) is 23.8 Å². The van der Waals surface area contributed by atoms with E-state index in [-0.39, 0.29) is 6.04 Å². The Morgan fingerprint density at radius 1 is 1.50 bits per heavy atom. The van der Waals surface area contributed by atoms with Crippen LogP contribution in [0.4, 0.5) is 4.39 Å². The molecule has 1 aliphatic rings. The maximum Gasteiger partial charge on any atom is 0.213 e. The molecule has 2 atom stereocenters. The summed E-state index contributed by atoms with van der Waals surface area (Å²) < 4.78 is 18.2. The highest BCUT2D eigenvalue weighted by atomic mass is 19.1. The largest absolute Gasteiger partial charge is 0.478 e. The Hall–Kier alpha value is -1.16. The van der Waals surface area contributed by atoms with E-state index in [0.29, 0.717) is 25.5 Å². The molecule has 0 bridgehead atoms. The van der Waals surface area contributed by atoms with Gasteiger partial charge in [0.05, 0.1) is 6.61 Å². The molecule has 0 amide bonds. The molecule has 1 saturated carbocycles. The number of nitrogens with one attached hydrogen (secondary N) is 1. The summed E-state index contributed by atoms with van der Waals surface area (Å²) in [5.74, 6) is 0.637. The van der Waals surface area contributed by atoms with Gasteiger partial charge in [-0.2, -0.15) is 0 Å². The molecule has 3 nitrogen and oxygen atoms in total. The lowest BCUT2D eigenvalue weighted by atomic mass is 9.90. The number of hydrogen-bond acceptors (Lipinski definition) is 3. The minimum absolute atomic E-state index is 0.0339. The predicted molar refractivity (Wildman–Crippen MR) is 60.2 cm³/mol. The van der Waals surface area contributed by atoms with E-state index in [0.717, 1.165) is 12.0 Å². The van der Waals surface area contributed by atoms with E-state index in [1.54, 1.807) is 6.20 Å². The monoisotopic (exact) mass is 224 g/mol. The molecular weight excluding hydrogens is 207 g/mol. The summed E-state index contributed by atoms with van der Waals surface area (Å²) in [6, 6.07) is 3.83. The third-order valence-electron chi connectivity index (χ3n) is 2.85. The zero-order valence-corrected chi connectivity index (χ0v) is 9.45. The normalized spacial score (nSPS) is 23.9. The molecule has 0 saturated heterocycles. The second-order valence-corrected chi connectivity index (χ2v) is 4.02. The van der Waals surface area contributed by atoms with Crippen molar-refractivity contribution in [3.8, 4) is 5.88 Å². The minimum atomic E-state index is -0.671. The zero-order valence-electron chi connectivity index (χ0n) is 9.45. The summed E-state index contributed by atoms with van der Waals surface area (Å²) in [5, 5.41) is 3.18. The molecule has 0 aliphatic heterocycles. The van der Waals surface area contributed by atoms with Crippen LogP contribution in [0.25, 0.3) is 0 Å². The number of aromatic nitrogens is 1. The molecule has 4 heteroatoms. The molecule has 1 aromatic rings. The van der Waals surface area contributed by atoms with Gasteiger partial charge in [0.1, 0.15) is 6.17 Å². The van der Waals surface area contributed by atoms with Crippen LogP contribution in [0.1, 0.15) is 25.3 Å². The smallest absolute Gasteiger partial charge is 0.213 e. The lowest BCUT2D eigenvalue weighted by molar-refractivity contribution is 0.141. The van der Waals surface area contributed by atoms with Crippen molar-refractivity contribution in [2.45, 2.75) is 38.5 Å². The highest BCUT2D eigenvalue weighted by molar-refractivity contribution is 5.17. The summed E-state index contributed by atoms with van der Waals surface area (Å²) in [6.45, 7) is 3.22. The number of nitrogens with zero attached hydrogens (tertiary/aromatic N) is 1. The van der Waals surface area contributed by atoms with Crippen molar-refractivity contribution in [3.05, 3.63) is 23.9 Å². The Kier molecular flexibility index (Phi) is 3.72. The van der Waals surface area contributed by atoms with Crippen molar-refractivity contribution >= 4 is 0 Å². The molecule has 1 fully saturated rings. The molecular formula is C12H17FN2O. The van der Waals surface area contributed by atoms with E-state index < -0.39 is 6.17 Å². The molecule has 2 unspecified atom stereocenters. The van der Waals surface area contributed by atoms with Crippen LogP contribution in [0.5, 0.6) is 5.88 Å². The maximum absolute atomic E-state index is 13.0. The van der Waals surface area contributed by atoms with Gasteiger partial charge in [-0.3, -0.25) is 0 Å². The number of halogens is 1. The van der Waals surface area contributed by atoms with Crippen LogP contribution in [0.2, 0.25) is 0 Å². The van der Waals surface area contributed by atoms with Gasteiger partial charge in [0.15, 0.2) is 0 Å². The third kappa shape index (κ3) is 2.70. The molecule has 1 N–H and O–H groups in total. The van der Waals surface area contributed by atoms with E-state index in [1.807, 2.05) is 19.1 Å². The van der Waals surface area contributed by atoms with E-state index in [2.05, 4.69) is 10.3 Å². The first-order valence-corrected chi connectivity index (χ1v) is 5.74. The fourth-order valence-electron chi connectivity index (χ4n) is 1.69. The molecule has 1 aliphatic carbocycles. The summed E-state index contributed by atoms with van der Waals surface area (Å²) in [4.78, 5) is 4.15. The highest BCUT2D eigenvalue weighted by Gasteiger charge is 2.29. The van der Waals surface area contributed by atoms with Crippen LogP contribution < -0.4 is 10.1 Å². The number of ether oxygens (including phenoxy) is 1. The van der Waals surface area contributed by atoms with Gasteiger partial charge in [-0.15, -0.1) is 0 Å². The Balaban J connectivity index is 1.80. The standard InChI is InChI=1S/C12H17FN2O/c1-2-16-12-6-3-9(8-15-12)7-14-11-5-4-10(11)13/h3,6,8,10-11,14H,2,4-5,7H2,1H3. The van der Waals surface area contributed by atoms with Crippen LogP contribution in [-0.2, 0) is 6.54 Å². The van der Waals surface area contributed by atoms with E-state index >= 15 is 0 Å². The summed E-state index contributed by atoms with van der Waals surface area (Å²) in [7, 11) is 0. The fourth-order valence-corrected chi connectivity index (χ4v) is 1.69. The maximum atomic E-state index is 13.0. The number of rotatable bonds is 5. The van der Waals surface area contributed by atoms with Gasteiger partial charge in [0.25, 0.3) is 0 Å². The van der Waals surface area contributed by atoms with E-state index in [1.165, 1.54) is 0 Å². The Bertz CT molecular complexity index is 328. The topological polar surface area (TPSA) is 34.1 Å². The lowest BCUT2D eigenvalue weighted by Crippen LogP contribution is -2.45. The molecule has 2 rings (SSSR count). The highest BCUT2D eigenvalue weighted by Crippen LogP contribution is 2.23. The first kappa shape index (κ1) is 11.3. The van der Waals surface area contributed by atoms with Crippen molar-refractivity contribution in [1.82, 2.24) is 10.3 Å². The Morgan fingerprint density at radius 3 is 2.88 bits per heavy atom. The lowest BCUT2D eigenvalue weighted by Gasteiger charge is -2.31. The Morgan fingerprint density at radius 2 is 2.38 bits per heavy atom. The summed E-state index contributed by atoms with van der Waals surface area (Å²) in [6.07, 6.45) is 2.73. The predicted octanol–water partition coefficient (Wildman–Crippen LogP) is 2.07. The molecule has 0 spiro atoms. The average molecular weight is 224 g/mol. The first-order valence-electron chi connectivity index (χ1n) is 5.74. The van der Waals surface area contributed by atoms with Gasteiger partial charge in [-0.05, 0) is 25.3 Å². The second-order valence-electron chi connectivity index (χ2n) is 4.02. The quantitative estimate of drug-likeness (QED) is 0.831. The Labute approximate surface area is 95.0 Å². The van der Waals surface area contributed by atoms with E-state index in [4.69, 9.17) is 4.74 Å². The van der Waals surface area contributed by atoms with Gasteiger partial charge < -0.3 is 10.1 Å². The van der Waals surface area contributed by atoms with Crippen LogP contribution in [0, 0.1) is 0 Å². The van der Waals surface area contributed by atoms with Crippen LogP contribution >= 0.6 is 0 Å². The molecule has 0 radical (unpaired) electrons. The summed E-state index contributed by atoms with van der Waals surface area (Å²) >= 11 is 0. The SMILES string of the molecule is CCOc1ccc(CNC2CCC2F)cn1.